The second-order valence-electron chi connectivity index (χ2n) is 3.44. The van der Waals surface area contributed by atoms with Gasteiger partial charge in [-0.3, -0.25) is 14.8 Å². The van der Waals surface area contributed by atoms with Crippen molar-refractivity contribution in [3.63, 3.8) is 0 Å². The van der Waals surface area contributed by atoms with E-state index in [-0.39, 0.29) is 11.6 Å². The van der Waals surface area contributed by atoms with Crippen LogP contribution in [-0.2, 0) is 6.54 Å². The van der Waals surface area contributed by atoms with Crippen LogP contribution in [0.4, 0.5) is 5.88 Å². The largest absolute Gasteiger partial charge is 0.338 e. The van der Waals surface area contributed by atoms with Crippen LogP contribution in [0.1, 0.15) is 16.2 Å². The lowest BCUT2D eigenvalue weighted by molar-refractivity contribution is 0.101. The Hall–Kier alpha value is -2.22. The molecule has 0 spiro atoms. The number of aryl methyl sites for hydroxylation is 1. The van der Waals surface area contributed by atoms with Crippen molar-refractivity contribution in [2.45, 2.75) is 13.5 Å². The predicted octanol–water partition coefficient (Wildman–Crippen LogP) is -0.214. The highest BCUT2D eigenvalue weighted by Gasteiger charge is 2.12. The van der Waals surface area contributed by atoms with Gasteiger partial charge in [0.2, 0.25) is 5.88 Å². The summed E-state index contributed by atoms with van der Waals surface area (Å²) in [7, 11) is 0. The molecule has 0 unspecified atom stereocenters. The van der Waals surface area contributed by atoms with Crippen molar-refractivity contribution in [1.82, 2.24) is 20.2 Å². The molecule has 0 saturated heterocycles. The number of nitrogens with two attached hydrogens (primary N) is 1. The fourth-order valence-corrected chi connectivity index (χ4v) is 1.24. The molecule has 0 fully saturated rings. The van der Waals surface area contributed by atoms with Gasteiger partial charge in [-0.2, -0.15) is 0 Å². The van der Waals surface area contributed by atoms with Crippen molar-refractivity contribution in [1.29, 1.82) is 0 Å². The molecule has 2 aromatic heterocycles. The number of amides is 1. The lowest BCUT2D eigenvalue weighted by atomic mass is 10.4. The zero-order chi connectivity index (χ0) is 12.3. The molecule has 2 rings (SSSR count). The van der Waals surface area contributed by atoms with E-state index in [4.69, 9.17) is 10.3 Å². The van der Waals surface area contributed by atoms with Crippen LogP contribution in [0.25, 0.3) is 0 Å². The second kappa shape index (κ2) is 4.74. The topological polar surface area (TPSA) is 112 Å². The molecule has 0 radical (unpaired) electrons. The molecule has 8 nitrogen and oxygen atoms in total. The van der Waals surface area contributed by atoms with Gasteiger partial charge in [0, 0.05) is 12.6 Å². The molecule has 0 saturated carbocycles. The molecule has 2 heterocycles. The van der Waals surface area contributed by atoms with Crippen molar-refractivity contribution in [3.8, 4) is 0 Å². The summed E-state index contributed by atoms with van der Waals surface area (Å²) in [5, 5.41) is 13.6. The molecule has 3 N–H and O–H groups in total. The highest BCUT2D eigenvalue weighted by atomic mass is 16.5. The molecule has 1 amide bonds. The number of anilines is 1. The zero-order valence-electron chi connectivity index (χ0n) is 9.25. The van der Waals surface area contributed by atoms with Crippen LogP contribution in [0.5, 0.6) is 0 Å². The number of carbonyl (C=O) groups is 1. The molecule has 90 valence electrons. The molecule has 2 aromatic rings. The molecule has 0 aliphatic carbocycles. The molecule has 0 atom stereocenters. The zero-order valence-corrected chi connectivity index (χ0v) is 9.25. The van der Waals surface area contributed by atoms with Crippen molar-refractivity contribution in [2.24, 2.45) is 5.73 Å². The Labute approximate surface area is 96.8 Å². The fraction of sp³-hybridized carbons (Fsp3) is 0.333. The number of hydrogen-bond donors (Lipinski definition) is 2. The molecule has 0 aliphatic rings. The summed E-state index contributed by atoms with van der Waals surface area (Å²) in [6.07, 6.45) is 1.52. The third-order valence-corrected chi connectivity index (χ3v) is 1.99. The van der Waals surface area contributed by atoms with Gasteiger partial charge in [0.25, 0.3) is 5.91 Å². The van der Waals surface area contributed by atoms with Gasteiger partial charge >= 0.3 is 0 Å². The van der Waals surface area contributed by atoms with E-state index in [1.165, 1.54) is 10.9 Å². The van der Waals surface area contributed by atoms with Gasteiger partial charge in [-0.25, -0.2) is 0 Å². The summed E-state index contributed by atoms with van der Waals surface area (Å²) in [4.78, 5) is 11.7. The number of nitrogens with one attached hydrogen (secondary N) is 1. The van der Waals surface area contributed by atoms with Gasteiger partial charge in [0.15, 0.2) is 5.69 Å². The summed E-state index contributed by atoms with van der Waals surface area (Å²) >= 11 is 0. The normalized spacial score (nSPS) is 10.5. The standard InChI is InChI=1S/C9H12N6O2/c1-6-4-8(17-13-6)11-9(16)7-5-15(3-2-10)14-12-7/h4-5H,2-3,10H2,1H3,(H,11,16). The minimum atomic E-state index is -0.399. The second-order valence-corrected chi connectivity index (χ2v) is 3.44. The lowest BCUT2D eigenvalue weighted by Crippen LogP contribution is -2.12. The minimum absolute atomic E-state index is 0.201. The van der Waals surface area contributed by atoms with Gasteiger partial charge in [-0.05, 0) is 6.92 Å². The Morgan fingerprint density at radius 1 is 1.65 bits per heavy atom. The van der Waals surface area contributed by atoms with Crippen LogP contribution in [0.15, 0.2) is 16.8 Å². The fourth-order valence-electron chi connectivity index (χ4n) is 1.24. The molecular formula is C9H12N6O2. The maximum Gasteiger partial charge on any atom is 0.280 e. The van der Waals surface area contributed by atoms with Gasteiger partial charge in [-0.15, -0.1) is 5.10 Å². The predicted molar refractivity (Wildman–Crippen MR) is 58.3 cm³/mol. The number of rotatable bonds is 4. The van der Waals surface area contributed by atoms with Gasteiger partial charge in [0.05, 0.1) is 18.4 Å². The molecular weight excluding hydrogens is 224 g/mol. The van der Waals surface area contributed by atoms with E-state index >= 15 is 0 Å². The highest BCUT2D eigenvalue weighted by molar-refractivity contribution is 6.01. The SMILES string of the molecule is Cc1cc(NC(=O)c2cn(CCN)nn2)on1. The number of nitrogens with zero attached hydrogens (tertiary/aromatic N) is 4. The van der Waals surface area contributed by atoms with E-state index in [9.17, 15) is 4.79 Å². The van der Waals surface area contributed by atoms with Gasteiger partial charge < -0.3 is 10.3 Å². The Morgan fingerprint density at radius 2 is 2.47 bits per heavy atom. The van der Waals surface area contributed by atoms with Gasteiger partial charge in [-0.1, -0.05) is 10.4 Å². The monoisotopic (exact) mass is 236 g/mol. The number of carbonyl (C=O) groups excluding carboxylic acids is 1. The third-order valence-electron chi connectivity index (χ3n) is 1.99. The van der Waals surface area contributed by atoms with Crippen LogP contribution in [0.3, 0.4) is 0 Å². The first-order chi connectivity index (χ1) is 8.19. The van der Waals surface area contributed by atoms with Crippen LogP contribution in [0, 0.1) is 6.92 Å². The first-order valence-electron chi connectivity index (χ1n) is 5.04. The van der Waals surface area contributed by atoms with E-state index in [1.54, 1.807) is 13.0 Å². The van der Waals surface area contributed by atoms with Crippen molar-refractivity contribution in [2.75, 3.05) is 11.9 Å². The summed E-state index contributed by atoms with van der Waals surface area (Å²) in [6, 6.07) is 1.61. The molecule has 8 heteroatoms. The average molecular weight is 236 g/mol. The lowest BCUT2D eigenvalue weighted by Gasteiger charge is -1.95. The summed E-state index contributed by atoms with van der Waals surface area (Å²) in [5.41, 5.74) is 6.25. The Kier molecular flexibility index (Phi) is 3.15. The third kappa shape index (κ3) is 2.67. The van der Waals surface area contributed by atoms with Crippen LogP contribution in [0.2, 0.25) is 0 Å². The van der Waals surface area contributed by atoms with Crippen molar-refractivity contribution in [3.05, 3.63) is 23.7 Å². The Balaban J connectivity index is 2.03. The van der Waals surface area contributed by atoms with Crippen LogP contribution >= 0.6 is 0 Å². The first kappa shape index (κ1) is 11.3. The summed E-state index contributed by atoms with van der Waals surface area (Å²) in [5.74, 6) is -0.120. The van der Waals surface area contributed by atoms with E-state index < -0.39 is 5.91 Å². The minimum Gasteiger partial charge on any atom is -0.338 e. The molecule has 17 heavy (non-hydrogen) atoms. The Morgan fingerprint density at radius 3 is 3.12 bits per heavy atom. The van der Waals surface area contributed by atoms with Crippen LogP contribution < -0.4 is 11.1 Å². The summed E-state index contributed by atoms with van der Waals surface area (Å²) < 4.78 is 6.35. The average Bonchev–Trinajstić information content (AvgIpc) is 2.88. The van der Waals surface area contributed by atoms with Crippen LogP contribution in [-0.4, -0.2) is 32.6 Å². The number of hydrogen-bond acceptors (Lipinski definition) is 6. The Bertz CT molecular complexity index is 517. The quantitative estimate of drug-likeness (QED) is 0.759. The van der Waals surface area contributed by atoms with E-state index in [0.717, 1.165) is 0 Å². The first-order valence-corrected chi connectivity index (χ1v) is 5.04. The van der Waals surface area contributed by atoms with E-state index in [0.29, 0.717) is 18.8 Å². The summed E-state index contributed by atoms with van der Waals surface area (Å²) in [6.45, 7) is 2.71. The molecule has 0 aliphatic heterocycles. The maximum absolute atomic E-state index is 11.7. The molecule has 0 bridgehead atoms. The van der Waals surface area contributed by atoms with Gasteiger partial charge in [0.1, 0.15) is 0 Å². The van der Waals surface area contributed by atoms with E-state index in [1.807, 2.05) is 0 Å². The highest BCUT2D eigenvalue weighted by Crippen LogP contribution is 2.09. The van der Waals surface area contributed by atoms with Crippen molar-refractivity contribution < 1.29 is 9.32 Å². The smallest absolute Gasteiger partial charge is 0.280 e. The molecule has 0 aromatic carbocycles. The van der Waals surface area contributed by atoms with E-state index in [2.05, 4.69) is 20.8 Å². The van der Waals surface area contributed by atoms with Crippen molar-refractivity contribution >= 4 is 11.8 Å². The maximum atomic E-state index is 11.7. The number of aromatic nitrogens is 4.